The Kier molecular flexibility index (Phi) is 4.56. The Balaban J connectivity index is 1.68. The Morgan fingerprint density at radius 2 is 2.45 bits per heavy atom. The summed E-state index contributed by atoms with van der Waals surface area (Å²) in [6, 6.07) is 5.57. The summed E-state index contributed by atoms with van der Waals surface area (Å²) in [7, 11) is 0. The smallest absolute Gasteiger partial charge is 0.144 e. The molecule has 6 nitrogen and oxygen atoms in total. The zero-order chi connectivity index (χ0) is 15.4. The van der Waals surface area contributed by atoms with Crippen molar-refractivity contribution < 1.29 is 4.74 Å². The van der Waals surface area contributed by atoms with Gasteiger partial charge in [-0.1, -0.05) is 11.6 Å². The van der Waals surface area contributed by atoms with Crippen LogP contribution >= 0.6 is 11.6 Å². The summed E-state index contributed by atoms with van der Waals surface area (Å²) in [4.78, 5) is 4.19. The number of hydrogen-bond donors (Lipinski definition) is 2. The lowest BCUT2D eigenvalue weighted by molar-refractivity contribution is -0.0264. The molecule has 7 heteroatoms. The van der Waals surface area contributed by atoms with Crippen molar-refractivity contribution >= 4 is 17.4 Å². The summed E-state index contributed by atoms with van der Waals surface area (Å²) in [5.74, 6) is 0.900. The molecule has 0 radical (unpaired) electrons. The van der Waals surface area contributed by atoms with Crippen LogP contribution in [0.1, 0.15) is 30.2 Å². The Morgan fingerprint density at radius 3 is 3.18 bits per heavy atom. The normalized spacial score (nSPS) is 21.3. The third-order valence-electron chi connectivity index (χ3n) is 3.78. The van der Waals surface area contributed by atoms with Crippen LogP contribution in [0, 0.1) is 17.2 Å². The maximum absolute atomic E-state index is 8.83. The Morgan fingerprint density at radius 1 is 1.55 bits per heavy atom. The highest BCUT2D eigenvalue weighted by Gasteiger charge is 2.28. The predicted octanol–water partition coefficient (Wildman–Crippen LogP) is 2.91. The number of nitrogens with one attached hydrogen (secondary N) is 2. The van der Waals surface area contributed by atoms with Crippen molar-refractivity contribution in [3.8, 4) is 6.07 Å². The number of anilines is 1. The van der Waals surface area contributed by atoms with E-state index in [0.29, 0.717) is 28.9 Å². The third kappa shape index (κ3) is 3.21. The van der Waals surface area contributed by atoms with Crippen molar-refractivity contribution in [2.75, 3.05) is 18.5 Å². The first-order valence-electron chi connectivity index (χ1n) is 7.18. The first kappa shape index (κ1) is 14.8. The van der Waals surface area contributed by atoms with Crippen LogP contribution in [0.4, 0.5) is 5.82 Å². The molecule has 22 heavy (non-hydrogen) atoms. The van der Waals surface area contributed by atoms with E-state index in [1.165, 1.54) is 6.20 Å². The van der Waals surface area contributed by atoms with Crippen LogP contribution in [-0.4, -0.2) is 28.3 Å². The van der Waals surface area contributed by atoms with E-state index in [9.17, 15) is 0 Å². The molecule has 1 aliphatic heterocycles. The summed E-state index contributed by atoms with van der Waals surface area (Å²) in [5.41, 5.74) is 1.44. The number of aromatic nitrogens is 3. The van der Waals surface area contributed by atoms with Gasteiger partial charge in [-0.25, -0.2) is 4.98 Å². The van der Waals surface area contributed by atoms with E-state index >= 15 is 0 Å². The van der Waals surface area contributed by atoms with Crippen molar-refractivity contribution in [1.29, 1.82) is 5.26 Å². The largest absolute Gasteiger partial charge is 0.372 e. The number of H-pyrrole nitrogens is 1. The second-order valence-corrected chi connectivity index (χ2v) is 5.66. The first-order valence-corrected chi connectivity index (χ1v) is 7.56. The van der Waals surface area contributed by atoms with Crippen LogP contribution in [0.15, 0.2) is 24.5 Å². The van der Waals surface area contributed by atoms with Crippen LogP contribution in [0.3, 0.4) is 0 Å². The Labute approximate surface area is 133 Å². The summed E-state index contributed by atoms with van der Waals surface area (Å²) in [6.07, 6.45) is 5.34. The van der Waals surface area contributed by atoms with Gasteiger partial charge in [0.2, 0.25) is 0 Å². The molecule has 2 aromatic heterocycles. The molecule has 0 aromatic carbocycles. The number of halogens is 1. The first-order chi connectivity index (χ1) is 10.8. The molecule has 0 amide bonds. The van der Waals surface area contributed by atoms with Gasteiger partial charge in [0, 0.05) is 31.5 Å². The van der Waals surface area contributed by atoms with Crippen LogP contribution in [0.25, 0.3) is 0 Å². The van der Waals surface area contributed by atoms with Crippen LogP contribution < -0.4 is 5.32 Å². The quantitative estimate of drug-likeness (QED) is 0.905. The van der Waals surface area contributed by atoms with Crippen molar-refractivity contribution in [2.24, 2.45) is 5.92 Å². The number of hydrogen-bond acceptors (Lipinski definition) is 5. The van der Waals surface area contributed by atoms with Crippen LogP contribution in [-0.2, 0) is 4.74 Å². The third-order valence-corrected chi connectivity index (χ3v) is 4.06. The molecule has 2 N–H and O–H groups in total. The molecule has 2 atom stereocenters. The monoisotopic (exact) mass is 317 g/mol. The fraction of sp³-hybridized carbons (Fsp3) is 0.400. The number of pyridine rings is 1. The van der Waals surface area contributed by atoms with Crippen LogP contribution in [0.2, 0.25) is 5.02 Å². The second-order valence-electron chi connectivity index (χ2n) is 5.25. The number of aromatic amines is 1. The summed E-state index contributed by atoms with van der Waals surface area (Å²) < 4.78 is 5.88. The van der Waals surface area contributed by atoms with Gasteiger partial charge in [-0.05, 0) is 25.0 Å². The maximum Gasteiger partial charge on any atom is 0.144 e. The van der Waals surface area contributed by atoms with Gasteiger partial charge in [-0.3, -0.25) is 5.10 Å². The summed E-state index contributed by atoms with van der Waals surface area (Å²) >= 11 is 6.14. The van der Waals surface area contributed by atoms with E-state index in [2.05, 4.69) is 20.5 Å². The van der Waals surface area contributed by atoms with Gasteiger partial charge in [0.25, 0.3) is 0 Å². The average molecular weight is 318 g/mol. The van der Waals surface area contributed by atoms with Crippen LogP contribution in [0.5, 0.6) is 0 Å². The number of nitrogens with zero attached hydrogens (tertiary/aromatic N) is 3. The van der Waals surface area contributed by atoms with E-state index in [1.807, 2.05) is 12.1 Å². The zero-order valence-corrected chi connectivity index (χ0v) is 12.7. The lowest BCUT2D eigenvalue weighted by atomic mass is 9.92. The molecule has 0 bridgehead atoms. The molecular formula is C15H16ClN5O. The van der Waals surface area contributed by atoms with Crippen molar-refractivity contribution in [1.82, 2.24) is 15.2 Å². The number of ether oxygens (including phenoxy) is 1. The lowest BCUT2D eigenvalue weighted by Crippen LogP contribution is -2.28. The van der Waals surface area contributed by atoms with Gasteiger partial charge >= 0.3 is 0 Å². The van der Waals surface area contributed by atoms with E-state index in [0.717, 1.165) is 25.1 Å². The molecule has 1 aliphatic rings. The highest BCUT2D eigenvalue weighted by molar-refractivity contribution is 6.33. The van der Waals surface area contributed by atoms with Crippen molar-refractivity contribution in [3.05, 3.63) is 40.8 Å². The summed E-state index contributed by atoms with van der Waals surface area (Å²) in [5, 5.41) is 19.5. The molecule has 1 fully saturated rings. The Hall–Kier alpha value is -2.10. The van der Waals surface area contributed by atoms with E-state index in [-0.39, 0.29) is 6.10 Å². The maximum atomic E-state index is 8.83. The molecule has 1 saturated heterocycles. The Bertz CT molecular complexity index is 667. The van der Waals surface area contributed by atoms with E-state index in [1.54, 1.807) is 12.3 Å². The molecule has 0 unspecified atom stereocenters. The van der Waals surface area contributed by atoms with Gasteiger partial charge in [0.15, 0.2) is 0 Å². The molecule has 3 rings (SSSR count). The lowest BCUT2D eigenvalue weighted by Gasteiger charge is -2.31. The summed E-state index contributed by atoms with van der Waals surface area (Å²) in [6.45, 7) is 1.46. The fourth-order valence-corrected chi connectivity index (χ4v) is 2.91. The highest BCUT2D eigenvalue weighted by atomic mass is 35.5. The minimum Gasteiger partial charge on any atom is -0.372 e. The molecule has 3 heterocycles. The van der Waals surface area contributed by atoms with Crippen molar-refractivity contribution in [2.45, 2.75) is 18.9 Å². The van der Waals surface area contributed by atoms with Crippen molar-refractivity contribution in [3.63, 3.8) is 0 Å². The SMILES string of the molecule is N#Cc1cnc(NC[C@@H]2CCCO[C@H]2c2ccn[nH]2)c(Cl)c1. The van der Waals surface area contributed by atoms with E-state index < -0.39 is 0 Å². The topological polar surface area (TPSA) is 86.6 Å². The molecule has 0 saturated carbocycles. The highest BCUT2D eigenvalue weighted by Crippen LogP contribution is 2.33. The molecular weight excluding hydrogens is 302 g/mol. The molecule has 114 valence electrons. The van der Waals surface area contributed by atoms with Gasteiger partial charge in [-0.15, -0.1) is 0 Å². The van der Waals surface area contributed by atoms with Gasteiger partial charge in [0.1, 0.15) is 18.0 Å². The molecule has 2 aromatic rings. The van der Waals surface area contributed by atoms with Gasteiger partial charge < -0.3 is 10.1 Å². The molecule has 0 aliphatic carbocycles. The standard InChI is InChI=1S/C15H16ClN5O/c16-12-6-10(7-17)8-18-15(12)19-9-11-2-1-5-22-14(11)13-3-4-20-21-13/h3-4,6,8,11,14H,1-2,5,9H2,(H,18,19)(H,20,21)/t11-,14+/m0/s1. The number of nitriles is 1. The minimum absolute atomic E-state index is 0.000840. The fourth-order valence-electron chi connectivity index (χ4n) is 2.68. The van der Waals surface area contributed by atoms with Gasteiger partial charge in [0.05, 0.1) is 16.3 Å². The second kappa shape index (κ2) is 6.77. The van der Waals surface area contributed by atoms with E-state index in [4.69, 9.17) is 21.6 Å². The number of rotatable bonds is 4. The average Bonchev–Trinajstić information content (AvgIpc) is 3.08. The molecule has 0 spiro atoms. The minimum atomic E-state index is 0.000840. The zero-order valence-electron chi connectivity index (χ0n) is 11.9. The van der Waals surface area contributed by atoms with Gasteiger partial charge in [-0.2, -0.15) is 10.4 Å². The predicted molar refractivity (Wildman–Crippen MR) is 82.5 cm³/mol.